The van der Waals surface area contributed by atoms with Gasteiger partial charge < -0.3 is 16.2 Å². The molecule has 2 rings (SSSR count). The van der Waals surface area contributed by atoms with E-state index in [2.05, 4.69) is 5.32 Å². The minimum Gasteiger partial charge on any atom is -0.478 e. The molecule has 102 valence electrons. The van der Waals surface area contributed by atoms with E-state index in [-0.39, 0.29) is 16.8 Å². The summed E-state index contributed by atoms with van der Waals surface area (Å²) in [5, 5.41) is 11.8. The van der Waals surface area contributed by atoms with Gasteiger partial charge in [0.1, 0.15) is 0 Å². The summed E-state index contributed by atoms with van der Waals surface area (Å²) in [4.78, 5) is 23.4. The molecule has 0 heterocycles. The number of nitrogens with two attached hydrogens (primary N) is 1. The highest BCUT2D eigenvalue weighted by Crippen LogP contribution is 2.20. The molecule has 0 spiro atoms. The average molecular weight is 270 g/mol. The van der Waals surface area contributed by atoms with Crippen molar-refractivity contribution in [3.63, 3.8) is 0 Å². The van der Waals surface area contributed by atoms with Gasteiger partial charge in [-0.2, -0.15) is 0 Å². The molecule has 0 aliphatic heterocycles. The zero-order valence-corrected chi connectivity index (χ0v) is 10.9. The Kier molecular flexibility index (Phi) is 3.70. The number of anilines is 2. The maximum atomic E-state index is 12.2. The maximum Gasteiger partial charge on any atom is 0.338 e. The number of benzene rings is 2. The topological polar surface area (TPSA) is 92.4 Å². The van der Waals surface area contributed by atoms with Crippen molar-refractivity contribution in [2.24, 2.45) is 0 Å². The number of aromatic carboxylic acids is 1. The van der Waals surface area contributed by atoms with Crippen molar-refractivity contribution in [3.05, 3.63) is 59.2 Å². The number of carbonyl (C=O) groups is 2. The van der Waals surface area contributed by atoms with Gasteiger partial charge in [0.25, 0.3) is 5.91 Å². The summed E-state index contributed by atoms with van der Waals surface area (Å²) in [6.45, 7) is 1.85. The van der Waals surface area contributed by atoms with E-state index in [1.54, 1.807) is 18.2 Å². The normalized spacial score (nSPS) is 10.1. The zero-order valence-electron chi connectivity index (χ0n) is 10.9. The third-order valence-electron chi connectivity index (χ3n) is 2.95. The molecule has 0 fully saturated rings. The smallest absolute Gasteiger partial charge is 0.338 e. The summed E-state index contributed by atoms with van der Waals surface area (Å²) in [6, 6.07) is 11.7. The van der Waals surface area contributed by atoms with Gasteiger partial charge >= 0.3 is 5.97 Å². The molecule has 0 atom stereocenters. The minimum absolute atomic E-state index is 0.0424. The molecule has 0 saturated heterocycles. The van der Waals surface area contributed by atoms with Gasteiger partial charge in [-0.1, -0.05) is 24.3 Å². The molecule has 1 amide bonds. The summed E-state index contributed by atoms with van der Waals surface area (Å²) in [5.74, 6) is -1.72. The lowest BCUT2D eigenvalue weighted by Crippen LogP contribution is -2.18. The van der Waals surface area contributed by atoms with Crippen LogP contribution in [0.1, 0.15) is 26.3 Å². The van der Waals surface area contributed by atoms with Gasteiger partial charge in [-0.05, 0) is 30.7 Å². The Hall–Kier alpha value is -2.82. The summed E-state index contributed by atoms with van der Waals surface area (Å²) >= 11 is 0. The van der Waals surface area contributed by atoms with E-state index in [4.69, 9.17) is 10.8 Å². The number of aryl methyl sites for hydroxylation is 1. The quantitative estimate of drug-likeness (QED) is 0.747. The van der Waals surface area contributed by atoms with Crippen LogP contribution in [0.25, 0.3) is 0 Å². The van der Waals surface area contributed by atoms with Crippen molar-refractivity contribution in [1.29, 1.82) is 0 Å². The van der Waals surface area contributed by atoms with E-state index in [0.29, 0.717) is 5.69 Å². The Morgan fingerprint density at radius 1 is 1.10 bits per heavy atom. The van der Waals surface area contributed by atoms with Gasteiger partial charge in [0.05, 0.1) is 11.1 Å². The van der Waals surface area contributed by atoms with Crippen LogP contribution < -0.4 is 11.1 Å². The molecule has 0 saturated carbocycles. The van der Waals surface area contributed by atoms with E-state index in [1.165, 1.54) is 12.1 Å². The highest BCUT2D eigenvalue weighted by Gasteiger charge is 2.19. The molecule has 0 aromatic heterocycles. The first-order valence-electron chi connectivity index (χ1n) is 5.99. The van der Waals surface area contributed by atoms with E-state index in [0.717, 1.165) is 5.56 Å². The highest BCUT2D eigenvalue weighted by atomic mass is 16.4. The predicted molar refractivity (Wildman–Crippen MR) is 76.9 cm³/mol. The predicted octanol–water partition coefficient (Wildman–Crippen LogP) is 2.53. The van der Waals surface area contributed by atoms with Gasteiger partial charge in [-0.25, -0.2) is 4.79 Å². The zero-order chi connectivity index (χ0) is 14.7. The van der Waals surface area contributed by atoms with Crippen LogP contribution in [0.5, 0.6) is 0 Å². The molecule has 2 aromatic rings. The van der Waals surface area contributed by atoms with Gasteiger partial charge in [-0.15, -0.1) is 0 Å². The lowest BCUT2D eigenvalue weighted by molar-refractivity contribution is 0.0693. The molecule has 2 aromatic carbocycles. The minimum atomic E-state index is -1.22. The van der Waals surface area contributed by atoms with Crippen LogP contribution in [0, 0.1) is 6.92 Å². The number of carboxylic acids is 1. The molecule has 0 aliphatic carbocycles. The Morgan fingerprint density at radius 2 is 1.80 bits per heavy atom. The van der Waals surface area contributed by atoms with E-state index in [9.17, 15) is 9.59 Å². The van der Waals surface area contributed by atoms with E-state index < -0.39 is 11.9 Å². The number of para-hydroxylation sites is 1. The number of amides is 1. The average Bonchev–Trinajstić information content (AvgIpc) is 2.40. The second kappa shape index (κ2) is 5.44. The lowest BCUT2D eigenvalue weighted by atomic mass is 10.0. The summed E-state index contributed by atoms with van der Waals surface area (Å²) in [5.41, 5.74) is 7.07. The number of hydrogen-bond donors (Lipinski definition) is 3. The van der Waals surface area contributed by atoms with Crippen LogP contribution in [0.3, 0.4) is 0 Å². The van der Waals surface area contributed by atoms with Crippen LogP contribution in [0.15, 0.2) is 42.5 Å². The number of rotatable bonds is 3. The second-order valence-corrected chi connectivity index (χ2v) is 4.34. The fourth-order valence-electron chi connectivity index (χ4n) is 1.90. The van der Waals surface area contributed by atoms with Crippen molar-refractivity contribution < 1.29 is 14.7 Å². The third kappa shape index (κ3) is 2.61. The molecule has 0 unspecified atom stereocenters. The number of carboxylic acid groups (broad SMARTS) is 1. The Balaban J connectivity index is 2.38. The van der Waals surface area contributed by atoms with Gasteiger partial charge in [-0.3, -0.25) is 4.79 Å². The first-order valence-corrected chi connectivity index (χ1v) is 5.99. The molecule has 4 N–H and O–H groups in total. The van der Waals surface area contributed by atoms with Crippen molar-refractivity contribution in [2.45, 2.75) is 6.92 Å². The van der Waals surface area contributed by atoms with Gasteiger partial charge in [0.15, 0.2) is 0 Å². The van der Waals surface area contributed by atoms with Crippen molar-refractivity contribution in [2.75, 3.05) is 11.1 Å². The molecule has 0 aliphatic rings. The fourth-order valence-corrected chi connectivity index (χ4v) is 1.90. The number of nitrogens with one attached hydrogen (secondary N) is 1. The Bertz CT molecular complexity index is 681. The molecule has 20 heavy (non-hydrogen) atoms. The van der Waals surface area contributed by atoms with Crippen LogP contribution in [-0.4, -0.2) is 17.0 Å². The Labute approximate surface area is 116 Å². The molecular weight excluding hydrogens is 256 g/mol. The first-order chi connectivity index (χ1) is 9.50. The first kappa shape index (κ1) is 13.6. The molecular formula is C15H14N2O3. The van der Waals surface area contributed by atoms with Crippen LogP contribution in [-0.2, 0) is 0 Å². The molecule has 5 nitrogen and oxygen atoms in total. The lowest BCUT2D eigenvalue weighted by Gasteiger charge is -2.11. The van der Waals surface area contributed by atoms with Crippen molar-refractivity contribution >= 4 is 23.3 Å². The van der Waals surface area contributed by atoms with Crippen LogP contribution in [0.2, 0.25) is 0 Å². The largest absolute Gasteiger partial charge is 0.478 e. The second-order valence-electron chi connectivity index (χ2n) is 4.34. The summed E-state index contributed by atoms with van der Waals surface area (Å²) in [7, 11) is 0. The molecule has 5 heteroatoms. The summed E-state index contributed by atoms with van der Waals surface area (Å²) < 4.78 is 0. The van der Waals surface area contributed by atoms with Crippen LogP contribution in [0.4, 0.5) is 11.4 Å². The SMILES string of the molecule is Cc1ccccc1NC(=O)c1cccc(N)c1C(=O)O. The monoisotopic (exact) mass is 270 g/mol. The molecule has 0 bridgehead atoms. The maximum absolute atomic E-state index is 12.2. The Morgan fingerprint density at radius 3 is 2.45 bits per heavy atom. The standard InChI is InChI=1S/C15H14N2O3/c1-9-5-2-3-8-12(9)17-14(18)10-6-4-7-11(16)13(10)15(19)20/h2-8H,16H2,1H3,(H,17,18)(H,19,20). The fraction of sp³-hybridized carbons (Fsp3) is 0.0667. The van der Waals surface area contributed by atoms with Crippen molar-refractivity contribution in [3.8, 4) is 0 Å². The third-order valence-corrected chi connectivity index (χ3v) is 2.95. The van der Waals surface area contributed by atoms with Gasteiger partial charge in [0, 0.05) is 11.4 Å². The number of carbonyl (C=O) groups excluding carboxylic acids is 1. The van der Waals surface area contributed by atoms with E-state index in [1.807, 2.05) is 19.1 Å². The van der Waals surface area contributed by atoms with E-state index >= 15 is 0 Å². The number of nitrogen functional groups attached to an aromatic ring is 1. The highest BCUT2D eigenvalue weighted by molar-refractivity contribution is 6.12. The molecule has 0 radical (unpaired) electrons. The van der Waals surface area contributed by atoms with Crippen LogP contribution >= 0.6 is 0 Å². The summed E-state index contributed by atoms with van der Waals surface area (Å²) in [6.07, 6.45) is 0. The number of hydrogen-bond acceptors (Lipinski definition) is 3. The van der Waals surface area contributed by atoms with Crippen molar-refractivity contribution in [1.82, 2.24) is 0 Å². The van der Waals surface area contributed by atoms with Gasteiger partial charge in [0.2, 0.25) is 0 Å².